The van der Waals surface area contributed by atoms with E-state index in [1.807, 2.05) is 0 Å². The van der Waals surface area contributed by atoms with Gasteiger partial charge in [-0.1, -0.05) is 64.7 Å². The predicted octanol–water partition coefficient (Wildman–Crippen LogP) is 3.70. The molecule has 0 aliphatic heterocycles. The lowest BCUT2D eigenvalue weighted by Crippen LogP contribution is -2.19. The molecule has 1 N–H and O–H groups in total. The van der Waals surface area contributed by atoms with Crippen molar-refractivity contribution in [3.8, 4) is 0 Å². The highest BCUT2D eigenvalue weighted by Gasteiger charge is 1.93. The molecule has 0 spiro atoms. The van der Waals surface area contributed by atoms with Crippen LogP contribution in [0.2, 0.25) is 0 Å². The molecule has 0 aliphatic rings. The lowest BCUT2D eigenvalue weighted by atomic mass is 10.1. The van der Waals surface area contributed by atoms with Crippen LogP contribution in [0.5, 0.6) is 0 Å². The summed E-state index contributed by atoms with van der Waals surface area (Å²) in [4.78, 5) is 0. The van der Waals surface area contributed by atoms with Crippen molar-refractivity contribution >= 4 is 11.3 Å². The van der Waals surface area contributed by atoms with Gasteiger partial charge in [-0.2, -0.15) is 0 Å². The van der Waals surface area contributed by atoms with E-state index in [9.17, 15) is 8.76 Å². The molecule has 1 atom stereocenters. The van der Waals surface area contributed by atoms with Gasteiger partial charge < -0.3 is 9.29 Å². The minimum Gasteiger partial charge on any atom is -0.760 e. The normalized spacial score (nSPS) is 12.7. The van der Waals surface area contributed by atoms with Gasteiger partial charge in [-0.15, -0.1) is 0 Å². The van der Waals surface area contributed by atoms with Gasteiger partial charge in [0.2, 0.25) is 0 Å². The molecule has 0 radical (unpaired) electrons. The topological polar surface area (TPSA) is 61.4 Å². The van der Waals surface area contributed by atoms with Gasteiger partial charge in [-0.05, 0) is 12.8 Å². The summed E-state index contributed by atoms with van der Waals surface area (Å²) in [5.41, 5.74) is 0. The molecule has 0 aliphatic carbocycles. The average molecular weight is 306 g/mol. The van der Waals surface area contributed by atoms with Crippen LogP contribution >= 0.6 is 0 Å². The molecule has 0 bridgehead atoms. The summed E-state index contributed by atoms with van der Waals surface area (Å²) in [6, 6.07) is 0. The standard InChI is InChI=1S/C15H33NO3S/c1-2-3-4-5-6-7-8-9-10-11-14-19-15-12-13-16-20(17)18/h16H,2-15H2,1H3,(H,17,18)/p-1. The highest BCUT2D eigenvalue weighted by atomic mass is 32.2. The van der Waals surface area contributed by atoms with Crippen molar-refractivity contribution in [1.82, 2.24) is 4.72 Å². The fraction of sp³-hybridized carbons (Fsp3) is 1.00. The number of ether oxygens (including phenoxy) is 1. The Kier molecular flexibility index (Phi) is 17.1. The van der Waals surface area contributed by atoms with Gasteiger partial charge in [0.05, 0.1) is 0 Å². The predicted molar refractivity (Wildman–Crippen MR) is 84.2 cm³/mol. The maximum Gasteiger partial charge on any atom is 0.0478 e. The summed E-state index contributed by atoms with van der Waals surface area (Å²) < 4.78 is 28.1. The molecule has 0 fully saturated rings. The SMILES string of the molecule is CCCCCCCCCCCCOCCCNS(=O)[O-]. The maximum absolute atomic E-state index is 10.2. The molecule has 0 saturated heterocycles. The van der Waals surface area contributed by atoms with E-state index in [2.05, 4.69) is 11.6 Å². The van der Waals surface area contributed by atoms with Crippen LogP contribution in [0.1, 0.15) is 77.6 Å². The van der Waals surface area contributed by atoms with E-state index in [-0.39, 0.29) is 0 Å². The highest BCUT2D eigenvalue weighted by molar-refractivity contribution is 7.77. The molecular formula is C15H32NO3S-. The molecule has 0 aromatic heterocycles. The van der Waals surface area contributed by atoms with Crippen molar-refractivity contribution in [2.24, 2.45) is 0 Å². The Morgan fingerprint density at radius 1 is 0.850 bits per heavy atom. The van der Waals surface area contributed by atoms with Crippen LogP contribution in [0.25, 0.3) is 0 Å². The Balaban J connectivity index is 2.94. The first kappa shape index (κ1) is 20.0. The number of rotatable bonds is 16. The van der Waals surface area contributed by atoms with Crippen LogP contribution in [-0.2, 0) is 16.0 Å². The van der Waals surface area contributed by atoms with E-state index in [0.29, 0.717) is 13.2 Å². The van der Waals surface area contributed by atoms with Crippen LogP contribution < -0.4 is 4.72 Å². The number of hydrogen-bond donors (Lipinski definition) is 1. The third-order valence-electron chi connectivity index (χ3n) is 3.33. The largest absolute Gasteiger partial charge is 0.760 e. The second-order valence-electron chi connectivity index (χ2n) is 5.28. The van der Waals surface area contributed by atoms with Gasteiger partial charge in [0.15, 0.2) is 0 Å². The molecule has 20 heavy (non-hydrogen) atoms. The van der Waals surface area contributed by atoms with Gasteiger partial charge in [0.25, 0.3) is 0 Å². The van der Waals surface area contributed by atoms with Crippen molar-refractivity contribution in [3.63, 3.8) is 0 Å². The Hall–Kier alpha value is 0.0300. The zero-order valence-electron chi connectivity index (χ0n) is 13.0. The maximum atomic E-state index is 10.2. The molecule has 0 heterocycles. The van der Waals surface area contributed by atoms with Gasteiger partial charge in [-0.3, -0.25) is 4.21 Å². The Morgan fingerprint density at radius 2 is 1.35 bits per heavy atom. The quantitative estimate of drug-likeness (QED) is 0.349. The number of hydrogen-bond acceptors (Lipinski definition) is 3. The van der Waals surface area contributed by atoms with Crippen LogP contribution in [0.4, 0.5) is 0 Å². The molecule has 0 aromatic carbocycles. The summed E-state index contributed by atoms with van der Waals surface area (Å²) in [6.07, 6.45) is 14.1. The fourth-order valence-corrected chi connectivity index (χ4v) is 2.43. The molecule has 1 unspecified atom stereocenters. The van der Waals surface area contributed by atoms with Gasteiger partial charge >= 0.3 is 0 Å². The third kappa shape index (κ3) is 18.0. The first-order valence-electron chi connectivity index (χ1n) is 8.18. The second-order valence-corrected chi connectivity index (χ2v) is 6.04. The Bertz CT molecular complexity index is 215. The highest BCUT2D eigenvalue weighted by Crippen LogP contribution is 2.10. The van der Waals surface area contributed by atoms with E-state index in [1.165, 1.54) is 57.8 Å². The molecule has 0 amide bonds. The first-order valence-corrected chi connectivity index (χ1v) is 9.25. The van der Waals surface area contributed by atoms with Crippen molar-refractivity contribution in [2.75, 3.05) is 19.8 Å². The smallest absolute Gasteiger partial charge is 0.0478 e. The van der Waals surface area contributed by atoms with E-state index < -0.39 is 11.3 Å². The van der Waals surface area contributed by atoms with E-state index in [1.54, 1.807) is 0 Å². The van der Waals surface area contributed by atoms with Crippen LogP contribution in [-0.4, -0.2) is 28.5 Å². The summed E-state index contributed by atoms with van der Waals surface area (Å²) in [5, 5.41) is 0. The summed E-state index contributed by atoms with van der Waals surface area (Å²) in [6.45, 7) is 4.16. The van der Waals surface area contributed by atoms with E-state index >= 15 is 0 Å². The Morgan fingerprint density at radius 3 is 1.90 bits per heavy atom. The van der Waals surface area contributed by atoms with E-state index in [0.717, 1.165) is 19.4 Å². The van der Waals surface area contributed by atoms with Crippen LogP contribution in [0.3, 0.4) is 0 Å². The lowest BCUT2D eigenvalue weighted by molar-refractivity contribution is 0.128. The number of nitrogens with one attached hydrogen (secondary N) is 1. The van der Waals surface area contributed by atoms with Crippen LogP contribution in [0, 0.1) is 0 Å². The zero-order chi connectivity index (χ0) is 14.9. The minimum atomic E-state index is -2.14. The van der Waals surface area contributed by atoms with Crippen molar-refractivity contribution in [1.29, 1.82) is 0 Å². The van der Waals surface area contributed by atoms with Gasteiger partial charge in [0, 0.05) is 31.0 Å². The summed E-state index contributed by atoms with van der Waals surface area (Å²) in [5.74, 6) is 0. The fourth-order valence-electron chi connectivity index (χ4n) is 2.12. The molecule has 4 nitrogen and oxygen atoms in total. The molecule has 0 saturated carbocycles. The van der Waals surface area contributed by atoms with Crippen molar-refractivity contribution < 1.29 is 13.5 Å². The molecule has 5 heteroatoms. The lowest BCUT2D eigenvalue weighted by Gasteiger charge is -2.07. The van der Waals surface area contributed by atoms with Crippen LogP contribution in [0.15, 0.2) is 0 Å². The van der Waals surface area contributed by atoms with Crippen molar-refractivity contribution in [3.05, 3.63) is 0 Å². The Labute approximate surface area is 127 Å². The third-order valence-corrected chi connectivity index (χ3v) is 3.77. The second kappa shape index (κ2) is 17.1. The van der Waals surface area contributed by atoms with Crippen molar-refractivity contribution in [2.45, 2.75) is 77.6 Å². The zero-order valence-corrected chi connectivity index (χ0v) is 13.8. The van der Waals surface area contributed by atoms with Gasteiger partial charge in [0.1, 0.15) is 0 Å². The monoisotopic (exact) mass is 306 g/mol. The van der Waals surface area contributed by atoms with E-state index in [4.69, 9.17) is 4.74 Å². The van der Waals surface area contributed by atoms with Gasteiger partial charge in [-0.25, -0.2) is 4.72 Å². The average Bonchev–Trinajstić information content (AvgIpc) is 2.43. The summed E-state index contributed by atoms with van der Waals surface area (Å²) in [7, 11) is 0. The molecular weight excluding hydrogens is 274 g/mol. The minimum absolute atomic E-state index is 0.466. The molecule has 122 valence electrons. The molecule has 0 rings (SSSR count). The first-order chi connectivity index (χ1) is 9.77. The summed E-state index contributed by atoms with van der Waals surface area (Å²) >= 11 is -2.14. The number of unbranched alkanes of at least 4 members (excludes halogenated alkanes) is 9. The molecule has 0 aromatic rings.